The first-order chi connectivity index (χ1) is 8.29. The molecule has 1 amide bonds. The van der Waals surface area contributed by atoms with E-state index in [1.54, 1.807) is 0 Å². The van der Waals surface area contributed by atoms with Gasteiger partial charge in [0.05, 0.1) is 5.92 Å². The Labute approximate surface area is 121 Å². The number of nitrogens with one attached hydrogen (secondary N) is 2. The lowest BCUT2D eigenvalue weighted by Gasteiger charge is -2.31. The van der Waals surface area contributed by atoms with Gasteiger partial charge in [-0.2, -0.15) is 11.8 Å². The fourth-order valence-electron chi connectivity index (χ4n) is 2.88. The summed E-state index contributed by atoms with van der Waals surface area (Å²) in [5, 5.41) is 7.32. The normalized spacial score (nSPS) is 32.4. The Morgan fingerprint density at radius 2 is 2.11 bits per heavy atom. The summed E-state index contributed by atoms with van der Waals surface area (Å²) in [5.41, 5.74) is 0. The van der Waals surface area contributed by atoms with Gasteiger partial charge < -0.3 is 10.6 Å². The van der Waals surface area contributed by atoms with E-state index in [1.165, 1.54) is 19.3 Å². The summed E-state index contributed by atoms with van der Waals surface area (Å²) in [4.78, 5) is 12.1. The van der Waals surface area contributed by atoms with Gasteiger partial charge in [-0.05, 0) is 44.9 Å². The van der Waals surface area contributed by atoms with E-state index in [2.05, 4.69) is 16.9 Å². The summed E-state index contributed by atoms with van der Waals surface area (Å²) in [6.45, 7) is 1.94. The number of hydrogen-bond acceptors (Lipinski definition) is 3. The van der Waals surface area contributed by atoms with Gasteiger partial charge in [-0.15, -0.1) is 12.4 Å². The van der Waals surface area contributed by atoms with Crippen molar-refractivity contribution >= 4 is 30.1 Å². The average Bonchev–Trinajstić information content (AvgIpc) is 2.40. The Kier molecular flexibility index (Phi) is 7.42. The minimum atomic E-state index is 0. The summed E-state index contributed by atoms with van der Waals surface area (Å²) < 4.78 is 0. The highest BCUT2D eigenvalue weighted by Crippen LogP contribution is 2.27. The van der Waals surface area contributed by atoms with Crippen LogP contribution in [0.25, 0.3) is 0 Å². The van der Waals surface area contributed by atoms with E-state index in [9.17, 15) is 4.79 Å². The highest BCUT2D eigenvalue weighted by atomic mass is 35.5. The summed E-state index contributed by atoms with van der Waals surface area (Å²) in [6.07, 6.45) is 9.28. The average molecular weight is 293 g/mol. The SMILES string of the molecule is CSC1CCCC(NC(=O)[C@@H]2CCCNC2)C1.Cl. The van der Waals surface area contributed by atoms with Crippen LogP contribution in [-0.4, -0.2) is 36.5 Å². The zero-order valence-electron chi connectivity index (χ0n) is 11.1. The molecular formula is C13H25ClN2OS. The van der Waals surface area contributed by atoms with Crippen LogP contribution in [-0.2, 0) is 4.79 Å². The third-order valence-electron chi connectivity index (χ3n) is 3.97. The summed E-state index contributed by atoms with van der Waals surface area (Å²) in [6, 6.07) is 0.427. The summed E-state index contributed by atoms with van der Waals surface area (Å²) in [7, 11) is 0. The van der Waals surface area contributed by atoms with Gasteiger partial charge in [0, 0.05) is 17.8 Å². The second-order valence-corrected chi connectivity index (χ2v) is 6.41. The number of piperidine rings is 1. The lowest BCUT2D eigenvalue weighted by atomic mass is 9.93. The number of carbonyl (C=O) groups excluding carboxylic acids is 1. The van der Waals surface area contributed by atoms with E-state index < -0.39 is 0 Å². The highest BCUT2D eigenvalue weighted by molar-refractivity contribution is 7.99. The van der Waals surface area contributed by atoms with Crippen LogP contribution >= 0.6 is 24.2 Å². The number of halogens is 1. The van der Waals surface area contributed by atoms with Crippen LogP contribution in [0.2, 0.25) is 0 Å². The molecule has 0 radical (unpaired) electrons. The van der Waals surface area contributed by atoms with E-state index in [4.69, 9.17) is 0 Å². The van der Waals surface area contributed by atoms with Gasteiger partial charge in [0.1, 0.15) is 0 Å². The van der Waals surface area contributed by atoms with Crippen molar-refractivity contribution in [1.29, 1.82) is 0 Å². The minimum Gasteiger partial charge on any atom is -0.353 e. The van der Waals surface area contributed by atoms with Crippen molar-refractivity contribution in [3.63, 3.8) is 0 Å². The molecule has 0 spiro atoms. The molecule has 18 heavy (non-hydrogen) atoms. The van der Waals surface area contributed by atoms with Crippen molar-refractivity contribution in [2.45, 2.75) is 49.8 Å². The topological polar surface area (TPSA) is 41.1 Å². The van der Waals surface area contributed by atoms with Gasteiger partial charge in [0.25, 0.3) is 0 Å². The van der Waals surface area contributed by atoms with Crippen LogP contribution < -0.4 is 10.6 Å². The molecule has 0 aromatic rings. The quantitative estimate of drug-likeness (QED) is 0.838. The van der Waals surface area contributed by atoms with Crippen molar-refractivity contribution in [3.05, 3.63) is 0 Å². The number of rotatable bonds is 3. The second-order valence-electron chi connectivity index (χ2n) is 5.27. The van der Waals surface area contributed by atoms with E-state index in [0.29, 0.717) is 6.04 Å². The van der Waals surface area contributed by atoms with E-state index >= 15 is 0 Å². The molecule has 2 N–H and O–H groups in total. The van der Waals surface area contributed by atoms with Gasteiger partial charge in [-0.1, -0.05) is 6.42 Å². The fraction of sp³-hybridized carbons (Fsp3) is 0.923. The molecule has 0 bridgehead atoms. The van der Waals surface area contributed by atoms with Crippen molar-refractivity contribution < 1.29 is 4.79 Å². The highest BCUT2D eigenvalue weighted by Gasteiger charge is 2.26. The van der Waals surface area contributed by atoms with Crippen LogP contribution in [0.4, 0.5) is 0 Å². The molecule has 1 saturated heterocycles. The van der Waals surface area contributed by atoms with Crippen molar-refractivity contribution in [1.82, 2.24) is 10.6 Å². The molecule has 2 aliphatic rings. The molecule has 0 aromatic carbocycles. The van der Waals surface area contributed by atoms with Crippen molar-refractivity contribution in [3.8, 4) is 0 Å². The predicted molar refractivity (Wildman–Crippen MR) is 80.5 cm³/mol. The van der Waals surface area contributed by atoms with Crippen LogP contribution in [0.15, 0.2) is 0 Å². The first kappa shape index (κ1) is 16.1. The van der Waals surface area contributed by atoms with Crippen LogP contribution in [0, 0.1) is 5.92 Å². The molecule has 106 valence electrons. The van der Waals surface area contributed by atoms with E-state index in [0.717, 1.165) is 37.6 Å². The van der Waals surface area contributed by atoms with E-state index in [-0.39, 0.29) is 24.2 Å². The molecule has 0 aromatic heterocycles. The Balaban J connectivity index is 0.00000162. The first-order valence-corrected chi connectivity index (χ1v) is 8.12. The van der Waals surface area contributed by atoms with E-state index in [1.807, 2.05) is 11.8 Å². The predicted octanol–water partition coefficient (Wildman–Crippen LogP) is 2.20. The molecule has 1 aliphatic carbocycles. The molecule has 1 aliphatic heterocycles. The Morgan fingerprint density at radius 1 is 1.28 bits per heavy atom. The summed E-state index contributed by atoms with van der Waals surface area (Å²) >= 11 is 1.95. The zero-order valence-corrected chi connectivity index (χ0v) is 12.7. The molecule has 3 atom stereocenters. The van der Waals surface area contributed by atoms with Crippen LogP contribution in [0.5, 0.6) is 0 Å². The Morgan fingerprint density at radius 3 is 2.78 bits per heavy atom. The standard InChI is InChI=1S/C13H24N2OS.ClH/c1-17-12-6-2-5-11(8-12)15-13(16)10-4-3-7-14-9-10;/h10-12,14H,2-9H2,1H3,(H,15,16);1H/t10-,11?,12?;/m1./s1. The van der Waals surface area contributed by atoms with Crippen molar-refractivity contribution in [2.75, 3.05) is 19.3 Å². The Bertz CT molecular complexity index is 259. The number of carbonyl (C=O) groups is 1. The van der Waals surface area contributed by atoms with Gasteiger partial charge >= 0.3 is 0 Å². The lowest BCUT2D eigenvalue weighted by Crippen LogP contribution is -2.46. The van der Waals surface area contributed by atoms with Gasteiger partial charge in [0.15, 0.2) is 0 Å². The molecule has 2 rings (SSSR count). The number of amides is 1. The zero-order chi connectivity index (χ0) is 12.1. The molecule has 2 unspecified atom stereocenters. The monoisotopic (exact) mass is 292 g/mol. The van der Waals surface area contributed by atoms with Gasteiger partial charge in [-0.3, -0.25) is 4.79 Å². The Hall–Kier alpha value is 0.0700. The van der Waals surface area contributed by atoms with Crippen LogP contribution in [0.3, 0.4) is 0 Å². The number of hydrogen-bond donors (Lipinski definition) is 2. The maximum Gasteiger partial charge on any atom is 0.224 e. The first-order valence-electron chi connectivity index (χ1n) is 6.83. The number of thioether (sulfide) groups is 1. The lowest BCUT2D eigenvalue weighted by molar-refractivity contribution is -0.126. The molecule has 1 heterocycles. The van der Waals surface area contributed by atoms with Crippen LogP contribution in [0.1, 0.15) is 38.5 Å². The third-order valence-corrected chi connectivity index (χ3v) is 5.07. The molecule has 1 saturated carbocycles. The largest absolute Gasteiger partial charge is 0.353 e. The maximum absolute atomic E-state index is 12.1. The van der Waals surface area contributed by atoms with Crippen molar-refractivity contribution in [2.24, 2.45) is 5.92 Å². The third kappa shape index (κ3) is 4.63. The molecular weight excluding hydrogens is 268 g/mol. The smallest absolute Gasteiger partial charge is 0.224 e. The second kappa shape index (κ2) is 8.28. The van der Waals surface area contributed by atoms with Gasteiger partial charge in [-0.25, -0.2) is 0 Å². The molecule has 3 nitrogen and oxygen atoms in total. The minimum absolute atomic E-state index is 0. The molecule has 2 fully saturated rings. The maximum atomic E-state index is 12.1. The molecule has 5 heteroatoms. The van der Waals surface area contributed by atoms with Gasteiger partial charge in [0.2, 0.25) is 5.91 Å². The fourth-order valence-corrected chi connectivity index (χ4v) is 3.71. The summed E-state index contributed by atoms with van der Waals surface area (Å²) in [5.74, 6) is 0.488.